The van der Waals surface area contributed by atoms with Gasteiger partial charge >= 0.3 is 5.97 Å². The zero-order valence-corrected chi connectivity index (χ0v) is 6.91. The monoisotopic (exact) mass is 171 g/mol. The third-order valence-corrected chi connectivity index (χ3v) is 2.15. The number of hydrogen-bond donors (Lipinski definition) is 1. The minimum atomic E-state index is -0.339. The molecule has 1 rings (SSSR count). The second-order valence-electron chi connectivity index (χ2n) is 3.06. The maximum absolute atomic E-state index is 10.9. The molecule has 68 valence electrons. The van der Waals surface area contributed by atoms with Crippen LogP contribution in [-0.2, 0) is 14.4 Å². The number of rotatable bonds is 4. The van der Waals surface area contributed by atoms with Gasteiger partial charge in [0.15, 0.2) is 0 Å². The molecule has 4 nitrogen and oxygen atoms in total. The zero-order chi connectivity index (χ0) is 8.81. The van der Waals surface area contributed by atoms with Gasteiger partial charge in [0.2, 0.25) is 6.41 Å². The number of carbonyl (C=O) groups is 2. The first kappa shape index (κ1) is 9.03. The lowest BCUT2D eigenvalue weighted by atomic mass is 10.1. The summed E-state index contributed by atoms with van der Waals surface area (Å²) in [5, 5.41) is 0. The van der Waals surface area contributed by atoms with Crippen LogP contribution in [0.25, 0.3) is 0 Å². The van der Waals surface area contributed by atoms with Gasteiger partial charge in [-0.25, -0.2) is 4.79 Å². The topological polar surface area (TPSA) is 55.4 Å². The Morgan fingerprint density at radius 1 is 1.50 bits per heavy atom. The van der Waals surface area contributed by atoms with Crippen LogP contribution in [0.3, 0.4) is 0 Å². The summed E-state index contributed by atoms with van der Waals surface area (Å²) in [6.45, 7) is 0. The molecule has 0 aromatic heterocycles. The van der Waals surface area contributed by atoms with E-state index in [1.54, 1.807) is 0 Å². The highest BCUT2D eigenvalue weighted by Crippen LogP contribution is 2.27. The van der Waals surface area contributed by atoms with E-state index in [4.69, 9.17) is 0 Å². The lowest BCUT2D eigenvalue weighted by molar-refractivity contribution is -0.155. The Kier molecular flexibility index (Phi) is 3.57. The van der Waals surface area contributed by atoms with E-state index in [1.807, 2.05) is 5.48 Å². The van der Waals surface area contributed by atoms with Gasteiger partial charge in [-0.3, -0.25) is 4.79 Å². The summed E-state index contributed by atoms with van der Waals surface area (Å²) in [5.74, 6) is 0.125. The summed E-state index contributed by atoms with van der Waals surface area (Å²) >= 11 is 0. The van der Waals surface area contributed by atoms with Crippen LogP contribution in [0.1, 0.15) is 32.1 Å². The highest BCUT2D eigenvalue weighted by atomic mass is 16.7. The summed E-state index contributed by atoms with van der Waals surface area (Å²) in [7, 11) is 0. The van der Waals surface area contributed by atoms with Crippen molar-refractivity contribution in [1.82, 2.24) is 5.48 Å². The minimum absolute atomic E-state index is 0.339. The van der Waals surface area contributed by atoms with E-state index < -0.39 is 0 Å². The molecule has 4 heteroatoms. The Morgan fingerprint density at radius 3 is 2.75 bits per heavy atom. The van der Waals surface area contributed by atoms with Gasteiger partial charge in [0.1, 0.15) is 0 Å². The van der Waals surface area contributed by atoms with Gasteiger partial charge in [-0.05, 0) is 18.8 Å². The zero-order valence-electron chi connectivity index (χ0n) is 6.91. The minimum Gasteiger partial charge on any atom is -0.341 e. The van der Waals surface area contributed by atoms with Crippen LogP contribution in [-0.4, -0.2) is 12.4 Å². The summed E-state index contributed by atoms with van der Waals surface area (Å²) in [6, 6.07) is 0. The molecule has 0 spiro atoms. The number of amides is 1. The largest absolute Gasteiger partial charge is 0.341 e. The van der Waals surface area contributed by atoms with E-state index in [0.717, 1.165) is 12.8 Å². The van der Waals surface area contributed by atoms with Gasteiger partial charge in [0.05, 0.1) is 6.42 Å². The predicted octanol–water partition coefficient (Wildman–Crippen LogP) is 0.771. The van der Waals surface area contributed by atoms with E-state index in [0.29, 0.717) is 18.7 Å². The fourth-order valence-corrected chi connectivity index (χ4v) is 1.58. The van der Waals surface area contributed by atoms with Gasteiger partial charge in [-0.2, -0.15) is 5.48 Å². The van der Waals surface area contributed by atoms with E-state index in [1.165, 1.54) is 12.8 Å². The molecule has 1 fully saturated rings. The van der Waals surface area contributed by atoms with Crippen molar-refractivity contribution in [3.8, 4) is 0 Å². The predicted molar refractivity (Wildman–Crippen MR) is 41.9 cm³/mol. The fourth-order valence-electron chi connectivity index (χ4n) is 1.58. The number of carbonyl (C=O) groups excluding carboxylic acids is 2. The number of hydrogen-bond acceptors (Lipinski definition) is 3. The highest BCUT2D eigenvalue weighted by Gasteiger charge is 2.19. The maximum Gasteiger partial charge on any atom is 0.332 e. The van der Waals surface area contributed by atoms with Crippen LogP contribution in [0.2, 0.25) is 0 Å². The summed E-state index contributed by atoms with van der Waals surface area (Å²) in [5.41, 5.74) is 1.89. The Morgan fingerprint density at radius 2 is 2.17 bits per heavy atom. The van der Waals surface area contributed by atoms with Gasteiger partial charge in [0, 0.05) is 0 Å². The summed E-state index contributed by atoms with van der Waals surface area (Å²) < 4.78 is 0. The van der Waals surface area contributed by atoms with Crippen molar-refractivity contribution < 1.29 is 14.4 Å². The average Bonchev–Trinajstić information content (AvgIpc) is 2.53. The molecular weight excluding hydrogens is 158 g/mol. The van der Waals surface area contributed by atoms with E-state index >= 15 is 0 Å². The van der Waals surface area contributed by atoms with E-state index in [2.05, 4.69) is 4.84 Å². The van der Waals surface area contributed by atoms with E-state index in [-0.39, 0.29) is 5.97 Å². The van der Waals surface area contributed by atoms with Crippen molar-refractivity contribution in [2.75, 3.05) is 0 Å². The lowest BCUT2D eigenvalue weighted by Gasteiger charge is -2.06. The van der Waals surface area contributed by atoms with Crippen molar-refractivity contribution in [2.45, 2.75) is 32.1 Å². The second kappa shape index (κ2) is 4.74. The normalized spacial score (nSPS) is 17.3. The van der Waals surface area contributed by atoms with Crippen LogP contribution in [0, 0.1) is 5.92 Å². The highest BCUT2D eigenvalue weighted by molar-refractivity contribution is 5.70. The van der Waals surface area contributed by atoms with Crippen LogP contribution in [0.15, 0.2) is 0 Å². The first-order valence-corrected chi connectivity index (χ1v) is 4.22. The lowest BCUT2D eigenvalue weighted by Crippen LogP contribution is -2.19. The Balaban J connectivity index is 2.11. The second-order valence-corrected chi connectivity index (χ2v) is 3.06. The SMILES string of the molecule is O=CNOC(=O)CC1CCCC1. The Bertz CT molecular complexity index is 164. The van der Waals surface area contributed by atoms with E-state index in [9.17, 15) is 9.59 Å². The third kappa shape index (κ3) is 2.90. The molecule has 0 radical (unpaired) electrons. The summed E-state index contributed by atoms with van der Waals surface area (Å²) in [6.07, 6.45) is 5.41. The Labute approximate surface area is 71.2 Å². The van der Waals surface area contributed by atoms with Crippen LogP contribution in [0.5, 0.6) is 0 Å². The van der Waals surface area contributed by atoms with Gasteiger partial charge < -0.3 is 4.84 Å². The molecule has 12 heavy (non-hydrogen) atoms. The molecule has 1 aliphatic rings. The molecule has 0 unspecified atom stereocenters. The van der Waals surface area contributed by atoms with Crippen molar-refractivity contribution in [1.29, 1.82) is 0 Å². The molecule has 1 aliphatic carbocycles. The van der Waals surface area contributed by atoms with Crippen molar-refractivity contribution >= 4 is 12.4 Å². The Hall–Kier alpha value is -1.06. The number of hydroxylamine groups is 1. The molecule has 1 amide bonds. The number of nitrogens with one attached hydrogen (secondary N) is 1. The van der Waals surface area contributed by atoms with Crippen molar-refractivity contribution in [3.05, 3.63) is 0 Å². The third-order valence-electron chi connectivity index (χ3n) is 2.15. The first-order valence-electron chi connectivity index (χ1n) is 4.22. The van der Waals surface area contributed by atoms with Crippen LogP contribution in [0.4, 0.5) is 0 Å². The smallest absolute Gasteiger partial charge is 0.332 e. The van der Waals surface area contributed by atoms with Crippen LogP contribution < -0.4 is 5.48 Å². The molecule has 0 saturated heterocycles. The molecule has 0 heterocycles. The molecule has 0 aromatic rings. The molecule has 1 saturated carbocycles. The first-order chi connectivity index (χ1) is 5.83. The standard InChI is InChI=1S/C8H13NO3/c10-6-9-12-8(11)5-7-3-1-2-4-7/h6-7H,1-5H2,(H,9,10). The fraction of sp³-hybridized carbons (Fsp3) is 0.750. The molecular formula is C8H13NO3. The van der Waals surface area contributed by atoms with Gasteiger partial charge in [0.25, 0.3) is 0 Å². The molecule has 0 aromatic carbocycles. The average molecular weight is 171 g/mol. The molecule has 1 N–H and O–H groups in total. The summed E-state index contributed by atoms with van der Waals surface area (Å²) in [4.78, 5) is 25.1. The van der Waals surface area contributed by atoms with Crippen LogP contribution >= 0.6 is 0 Å². The quantitative estimate of drug-likeness (QED) is 0.502. The van der Waals surface area contributed by atoms with Gasteiger partial charge in [-0.15, -0.1) is 0 Å². The van der Waals surface area contributed by atoms with Crippen molar-refractivity contribution in [2.24, 2.45) is 5.92 Å². The maximum atomic E-state index is 10.9. The van der Waals surface area contributed by atoms with Gasteiger partial charge in [-0.1, -0.05) is 12.8 Å². The molecule has 0 bridgehead atoms. The van der Waals surface area contributed by atoms with Crippen molar-refractivity contribution in [3.63, 3.8) is 0 Å². The molecule has 0 aliphatic heterocycles. The molecule has 0 atom stereocenters.